The molecule has 96 valence electrons. The van der Waals surface area contributed by atoms with E-state index >= 15 is 0 Å². The second-order valence-electron chi connectivity index (χ2n) is 3.93. The van der Waals surface area contributed by atoms with Gasteiger partial charge in [-0.05, 0) is 24.1 Å². The molecule has 1 aromatic heterocycles. The van der Waals surface area contributed by atoms with Crippen molar-refractivity contribution in [1.29, 1.82) is 0 Å². The first kappa shape index (κ1) is 13.5. The normalized spacial score (nSPS) is 14.7. The highest BCUT2D eigenvalue weighted by Crippen LogP contribution is 2.23. The summed E-state index contributed by atoms with van der Waals surface area (Å²) in [6.07, 6.45) is -0.106. The summed E-state index contributed by atoms with van der Waals surface area (Å²) in [7, 11) is 0. The Morgan fingerprint density at radius 3 is 2.72 bits per heavy atom. The van der Waals surface area contributed by atoms with Crippen LogP contribution in [0.15, 0.2) is 24.4 Å². The second kappa shape index (κ2) is 5.80. The number of halogens is 2. The topological polar surface area (TPSA) is 66.2 Å². The fraction of sp³-hybridized carbons (Fsp3) is 0.333. The lowest BCUT2D eigenvalue weighted by molar-refractivity contribution is 0.0171. The van der Waals surface area contributed by atoms with Crippen molar-refractivity contribution in [1.82, 2.24) is 9.97 Å². The third-order valence-corrected chi connectivity index (χ3v) is 3.05. The molecule has 1 aromatic carbocycles. The van der Waals surface area contributed by atoms with Gasteiger partial charge in [0.2, 0.25) is 0 Å². The maximum Gasteiger partial charge on any atom is 0.148 e. The zero-order valence-electron chi connectivity index (χ0n) is 9.42. The van der Waals surface area contributed by atoms with Crippen molar-refractivity contribution >= 4 is 34.2 Å². The predicted molar refractivity (Wildman–Crippen MR) is 70.9 cm³/mol. The molecule has 2 rings (SSSR count). The largest absolute Gasteiger partial charge is 0.390 e. The number of alkyl halides is 1. The number of nitrogens with zero attached hydrogens (tertiary/aromatic N) is 2. The van der Waals surface area contributed by atoms with Crippen LogP contribution in [0.5, 0.6) is 0 Å². The van der Waals surface area contributed by atoms with E-state index < -0.39 is 12.2 Å². The molecule has 0 amide bonds. The first-order valence-electron chi connectivity index (χ1n) is 5.46. The summed E-state index contributed by atoms with van der Waals surface area (Å²) in [5, 5.41) is 19.9. The van der Waals surface area contributed by atoms with E-state index in [0.717, 1.165) is 0 Å². The summed E-state index contributed by atoms with van der Waals surface area (Å²) >= 11 is 11.3. The van der Waals surface area contributed by atoms with Gasteiger partial charge >= 0.3 is 0 Å². The minimum atomic E-state index is -0.992. The molecule has 2 N–H and O–H groups in total. The van der Waals surface area contributed by atoms with Gasteiger partial charge in [-0.2, -0.15) is 0 Å². The Hall–Kier alpha value is -0.940. The number of fused-ring (bicyclic) bond motifs is 1. The van der Waals surface area contributed by atoms with Crippen molar-refractivity contribution in [2.45, 2.75) is 18.6 Å². The van der Waals surface area contributed by atoms with Gasteiger partial charge in [-0.15, -0.1) is 11.6 Å². The average Bonchev–Trinajstić information content (AvgIpc) is 2.37. The quantitative estimate of drug-likeness (QED) is 0.847. The van der Waals surface area contributed by atoms with Crippen LogP contribution in [0.4, 0.5) is 0 Å². The van der Waals surface area contributed by atoms with E-state index in [2.05, 4.69) is 9.97 Å². The van der Waals surface area contributed by atoms with E-state index in [1.165, 1.54) is 6.20 Å². The number of aromatic nitrogens is 2. The molecular weight excluding hydrogens is 275 g/mol. The second-order valence-corrected chi connectivity index (χ2v) is 4.70. The molecular formula is C12H12Cl2N2O2. The smallest absolute Gasteiger partial charge is 0.148 e. The van der Waals surface area contributed by atoms with Gasteiger partial charge in [-0.3, -0.25) is 4.98 Å². The molecule has 0 aliphatic rings. The van der Waals surface area contributed by atoms with Crippen LogP contribution < -0.4 is 0 Å². The van der Waals surface area contributed by atoms with Crippen molar-refractivity contribution in [2.24, 2.45) is 0 Å². The molecule has 2 aromatic rings. The molecule has 0 bridgehead atoms. The third-order valence-electron chi connectivity index (χ3n) is 2.65. The molecule has 2 atom stereocenters. The first-order valence-corrected chi connectivity index (χ1v) is 6.37. The lowest BCUT2D eigenvalue weighted by Gasteiger charge is -2.17. The number of benzene rings is 1. The van der Waals surface area contributed by atoms with E-state index in [1.54, 1.807) is 18.2 Å². The SMILES string of the molecule is OC(CCCl)C(O)c1ccc2ncc(Cl)nc2c1. The third kappa shape index (κ3) is 2.90. The van der Waals surface area contributed by atoms with Gasteiger partial charge in [-0.25, -0.2) is 4.98 Å². The zero-order chi connectivity index (χ0) is 13.1. The highest BCUT2D eigenvalue weighted by molar-refractivity contribution is 6.29. The van der Waals surface area contributed by atoms with Crippen LogP contribution >= 0.6 is 23.2 Å². The lowest BCUT2D eigenvalue weighted by Crippen LogP contribution is -2.18. The van der Waals surface area contributed by atoms with E-state index in [9.17, 15) is 10.2 Å². The van der Waals surface area contributed by atoms with Crippen molar-refractivity contribution in [3.8, 4) is 0 Å². The van der Waals surface area contributed by atoms with Crippen LogP contribution in [-0.2, 0) is 0 Å². The van der Waals surface area contributed by atoms with E-state index in [-0.39, 0.29) is 11.0 Å². The van der Waals surface area contributed by atoms with Gasteiger partial charge in [0.15, 0.2) is 0 Å². The fourth-order valence-electron chi connectivity index (χ4n) is 1.68. The Bertz CT molecular complexity index is 551. The highest BCUT2D eigenvalue weighted by Gasteiger charge is 2.18. The van der Waals surface area contributed by atoms with Gasteiger partial charge < -0.3 is 10.2 Å². The van der Waals surface area contributed by atoms with Crippen molar-refractivity contribution in [3.05, 3.63) is 35.1 Å². The summed E-state index contributed by atoms with van der Waals surface area (Å²) in [6, 6.07) is 5.09. The minimum absolute atomic E-state index is 0.287. The number of aliphatic hydroxyl groups excluding tert-OH is 2. The van der Waals surface area contributed by atoms with Gasteiger partial charge in [0.1, 0.15) is 11.3 Å². The Morgan fingerprint density at radius 2 is 2.00 bits per heavy atom. The molecule has 4 nitrogen and oxygen atoms in total. The minimum Gasteiger partial charge on any atom is -0.390 e. The van der Waals surface area contributed by atoms with E-state index in [4.69, 9.17) is 23.2 Å². The summed E-state index contributed by atoms with van der Waals surface area (Å²) < 4.78 is 0. The monoisotopic (exact) mass is 286 g/mol. The van der Waals surface area contributed by atoms with Crippen molar-refractivity contribution in [3.63, 3.8) is 0 Å². The number of hydrogen-bond acceptors (Lipinski definition) is 4. The van der Waals surface area contributed by atoms with Crippen molar-refractivity contribution in [2.75, 3.05) is 5.88 Å². The first-order chi connectivity index (χ1) is 8.61. The molecule has 0 aliphatic heterocycles. The maximum atomic E-state index is 9.96. The summed E-state index contributed by atoms with van der Waals surface area (Å²) in [5.41, 5.74) is 1.83. The van der Waals surface area contributed by atoms with Gasteiger partial charge in [-0.1, -0.05) is 17.7 Å². The molecule has 6 heteroatoms. The molecule has 0 spiro atoms. The van der Waals surface area contributed by atoms with Gasteiger partial charge in [0.25, 0.3) is 0 Å². The van der Waals surface area contributed by atoms with E-state index in [1.807, 2.05) is 0 Å². The standard InChI is InChI=1S/C12H12Cl2N2O2/c13-4-3-10(17)12(18)7-1-2-8-9(5-7)16-11(14)6-15-8/h1-2,5-6,10,12,17-18H,3-4H2. The fourth-order valence-corrected chi connectivity index (χ4v) is 2.05. The molecule has 0 radical (unpaired) electrons. The van der Waals surface area contributed by atoms with Crippen LogP contribution in [0.25, 0.3) is 11.0 Å². The molecule has 2 unspecified atom stereocenters. The Balaban J connectivity index is 2.34. The molecule has 1 heterocycles. The average molecular weight is 287 g/mol. The van der Waals surface area contributed by atoms with Crippen LogP contribution in [0.3, 0.4) is 0 Å². The summed E-state index contributed by atoms with van der Waals surface area (Å²) in [5.74, 6) is 0.289. The van der Waals surface area contributed by atoms with Crippen LogP contribution in [0.1, 0.15) is 18.1 Å². The predicted octanol–water partition coefficient (Wildman–Crippen LogP) is 2.31. The van der Waals surface area contributed by atoms with Crippen LogP contribution in [-0.4, -0.2) is 32.2 Å². The number of rotatable bonds is 4. The number of hydrogen-bond donors (Lipinski definition) is 2. The van der Waals surface area contributed by atoms with Crippen molar-refractivity contribution < 1.29 is 10.2 Å². The Labute approximate surface area is 114 Å². The summed E-state index contributed by atoms with van der Waals surface area (Å²) in [4.78, 5) is 8.21. The molecule has 0 aliphatic carbocycles. The van der Waals surface area contributed by atoms with Crippen LogP contribution in [0, 0.1) is 0 Å². The molecule has 0 saturated heterocycles. The summed E-state index contributed by atoms with van der Waals surface area (Å²) in [6.45, 7) is 0. The highest BCUT2D eigenvalue weighted by atomic mass is 35.5. The maximum absolute atomic E-state index is 9.96. The molecule has 18 heavy (non-hydrogen) atoms. The van der Waals surface area contributed by atoms with Gasteiger partial charge in [0.05, 0.1) is 23.3 Å². The molecule has 0 saturated carbocycles. The van der Waals surface area contributed by atoms with E-state index in [0.29, 0.717) is 23.0 Å². The Kier molecular flexibility index (Phi) is 4.35. The van der Waals surface area contributed by atoms with Crippen LogP contribution in [0.2, 0.25) is 5.15 Å². The zero-order valence-corrected chi connectivity index (χ0v) is 10.9. The number of aliphatic hydroxyl groups is 2. The molecule has 0 fully saturated rings. The van der Waals surface area contributed by atoms with Gasteiger partial charge in [0, 0.05) is 5.88 Å². The lowest BCUT2D eigenvalue weighted by atomic mass is 10.0. The Morgan fingerprint density at radius 1 is 1.22 bits per heavy atom.